The van der Waals surface area contributed by atoms with Gasteiger partial charge in [-0.1, -0.05) is 6.92 Å². The van der Waals surface area contributed by atoms with Crippen LogP contribution in [0.4, 0.5) is 0 Å². The monoisotopic (exact) mass is 263 g/mol. The topological polar surface area (TPSA) is 40.2 Å². The fraction of sp³-hybridized carbons (Fsp3) is 1.00. The molecule has 0 radical (unpaired) electrons. The molecule has 0 bridgehead atoms. The van der Waals surface area contributed by atoms with Crippen molar-refractivity contribution >= 4 is 0 Å². The third kappa shape index (κ3) is 12.3. The molecule has 0 N–H and O–H groups in total. The summed E-state index contributed by atoms with van der Waals surface area (Å²) in [6.45, 7) is 7.77. The van der Waals surface area contributed by atoms with E-state index in [0.29, 0.717) is 13.6 Å². The van der Waals surface area contributed by atoms with Crippen molar-refractivity contribution in [1.29, 1.82) is 0 Å². The van der Waals surface area contributed by atoms with E-state index in [1.165, 1.54) is 6.42 Å². The third-order valence-electron chi connectivity index (χ3n) is 2.47. The lowest BCUT2D eigenvalue weighted by Gasteiger charge is -2.21. The summed E-state index contributed by atoms with van der Waals surface area (Å²) in [6, 6.07) is 0. The van der Waals surface area contributed by atoms with Gasteiger partial charge in [-0.25, -0.2) is 0 Å². The molecule has 0 aliphatic carbocycles. The molecule has 0 unspecified atom stereocenters. The van der Waals surface area contributed by atoms with Crippen LogP contribution in [0.3, 0.4) is 0 Å². The lowest BCUT2D eigenvalue weighted by Crippen LogP contribution is -2.28. The van der Waals surface area contributed by atoms with Crippen LogP contribution >= 0.6 is 0 Å². The summed E-state index contributed by atoms with van der Waals surface area (Å²) < 4.78 is 20.2. The second-order valence-electron chi connectivity index (χ2n) is 4.18. The normalized spacial score (nSPS) is 11.3. The minimum atomic E-state index is 0.388. The Labute approximate surface area is 111 Å². The van der Waals surface area contributed by atoms with Gasteiger partial charge >= 0.3 is 0 Å². The molecule has 5 heteroatoms. The molecular weight excluding hydrogens is 234 g/mol. The van der Waals surface area contributed by atoms with E-state index in [1.54, 1.807) is 14.2 Å². The molecule has 0 aromatic heterocycles. The first kappa shape index (κ1) is 17.8. The van der Waals surface area contributed by atoms with E-state index in [1.807, 2.05) is 0 Å². The Hall–Kier alpha value is -0.200. The fourth-order valence-corrected chi connectivity index (χ4v) is 1.72. The molecule has 110 valence electrons. The highest BCUT2D eigenvalue weighted by Crippen LogP contribution is 1.98. The van der Waals surface area contributed by atoms with Gasteiger partial charge in [0.15, 0.2) is 0 Å². The van der Waals surface area contributed by atoms with E-state index in [9.17, 15) is 0 Å². The molecule has 5 nitrogen and oxygen atoms in total. The minimum Gasteiger partial charge on any atom is -0.359 e. The van der Waals surface area contributed by atoms with Gasteiger partial charge in [-0.15, -0.1) is 0 Å². The largest absolute Gasteiger partial charge is 0.359 e. The van der Waals surface area contributed by atoms with E-state index in [-0.39, 0.29) is 0 Å². The standard InChI is InChI=1S/C13H29NO4/c1-4-7-14(8-5-10-17-12-15-2)9-6-11-18-13-16-3/h4-13H2,1-3H3. The first-order valence-corrected chi connectivity index (χ1v) is 6.70. The van der Waals surface area contributed by atoms with Gasteiger partial charge in [0.1, 0.15) is 13.6 Å². The first-order chi connectivity index (χ1) is 8.85. The Balaban J connectivity index is 3.45. The molecule has 0 heterocycles. The van der Waals surface area contributed by atoms with Gasteiger partial charge in [-0.3, -0.25) is 0 Å². The summed E-state index contributed by atoms with van der Waals surface area (Å²) in [6.07, 6.45) is 3.27. The van der Waals surface area contributed by atoms with Gasteiger partial charge in [0, 0.05) is 27.3 Å². The van der Waals surface area contributed by atoms with Gasteiger partial charge in [0.25, 0.3) is 0 Å². The van der Waals surface area contributed by atoms with Crippen LogP contribution in [0.25, 0.3) is 0 Å². The number of ether oxygens (including phenoxy) is 4. The minimum absolute atomic E-state index is 0.388. The van der Waals surface area contributed by atoms with Crippen molar-refractivity contribution in [2.24, 2.45) is 0 Å². The van der Waals surface area contributed by atoms with Crippen molar-refractivity contribution in [3.05, 3.63) is 0 Å². The average molecular weight is 263 g/mol. The quantitative estimate of drug-likeness (QED) is 0.352. The summed E-state index contributed by atoms with van der Waals surface area (Å²) in [5.41, 5.74) is 0. The smallest absolute Gasteiger partial charge is 0.146 e. The van der Waals surface area contributed by atoms with Crippen LogP contribution < -0.4 is 0 Å². The third-order valence-corrected chi connectivity index (χ3v) is 2.47. The van der Waals surface area contributed by atoms with Crippen LogP contribution in [-0.4, -0.2) is 65.6 Å². The molecule has 0 spiro atoms. The number of rotatable bonds is 14. The number of nitrogens with zero attached hydrogens (tertiary/aromatic N) is 1. The highest BCUT2D eigenvalue weighted by molar-refractivity contribution is 4.57. The molecule has 0 aliphatic heterocycles. The molecule has 0 saturated carbocycles. The van der Waals surface area contributed by atoms with Crippen LogP contribution in [0.15, 0.2) is 0 Å². The predicted octanol–water partition coefficient (Wildman–Crippen LogP) is 1.72. The van der Waals surface area contributed by atoms with Crippen molar-refractivity contribution < 1.29 is 18.9 Å². The van der Waals surface area contributed by atoms with Crippen LogP contribution in [0.2, 0.25) is 0 Å². The van der Waals surface area contributed by atoms with E-state index < -0.39 is 0 Å². The van der Waals surface area contributed by atoms with Crippen LogP contribution in [0.5, 0.6) is 0 Å². The SMILES string of the molecule is CCCN(CCCOCOC)CCCOCOC. The van der Waals surface area contributed by atoms with E-state index in [2.05, 4.69) is 11.8 Å². The van der Waals surface area contributed by atoms with Crippen LogP contribution in [-0.2, 0) is 18.9 Å². The summed E-state index contributed by atoms with van der Waals surface area (Å²) in [5, 5.41) is 0. The van der Waals surface area contributed by atoms with Crippen LogP contribution in [0, 0.1) is 0 Å². The average Bonchev–Trinajstić information content (AvgIpc) is 2.38. The molecule has 0 amide bonds. The van der Waals surface area contributed by atoms with Gasteiger partial charge in [0.05, 0.1) is 13.2 Å². The molecule has 0 rings (SSSR count). The second-order valence-corrected chi connectivity index (χ2v) is 4.18. The Bertz CT molecular complexity index is 144. The maximum Gasteiger partial charge on any atom is 0.146 e. The number of hydrogen-bond donors (Lipinski definition) is 0. The highest BCUT2D eigenvalue weighted by Gasteiger charge is 2.03. The van der Waals surface area contributed by atoms with Gasteiger partial charge in [-0.05, 0) is 25.8 Å². The summed E-state index contributed by atoms with van der Waals surface area (Å²) in [4.78, 5) is 2.45. The lowest BCUT2D eigenvalue weighted by molar-refractivity contribution is -0.0358. The summed E-state index contributed by atoms with van der Waals surface area (Å²) >= 11 is 0. The molecule has 18 heavy (non-hydrogen) atoms. The van der Waals surface area contributed by atoms with Crippen molar-refractivity contribution in [3.8, 4) is 0 Å². The first-order valence-electron chi connectivity index (χ1n) is 6.70. The predicted molar refractivity (Wildman–Crippen MR) is 71.6 cm³/mol. The summed E-state index contributed by atoms with van der Waals surface area (Å²) in [7, 11) is 3.28. The number of methoxy groups -OCH3 is 2. The Morgan fingerprint density at radius 2 is 1.28 bits per heavy atom. The lowest BCUT2D eigenvalue weighted by atomic mass is 10.3. The van der Waals surface area contributed by atoms with E-state index >= 15 is 0 Å². The van der Waals surface area contributed by atoms with E-state index in [0.717, 1.165) is 45.7 Å². The Morgan fingerprint density at radius 3 is 1.67 bits per heavy atom. The maximum atomic E-state index is 5.28. The Morgan fingerprint density at radius 1 is 0.778 bits per heavy atom. The van der Waals surface area contributed by atoms with Crippen molar-refractivity contribution in [1.82, 2.24) is 4.90 Å². The summed E-state index contributed by atoms with van der Waals surface area (Å²) in [5.74, 6) is 0. The van der Waals surface area contributed by atoms with Gasteiger partial charge in [0.2, 0.25) is 0 Å². The molecule has 0 aliphatic rings. The van der Waals surface area contributed by atoms with Crippen molar-refractivity contribution in [2.75, 3.05) is 60.7 Å². The molecule has 0 fully saturated rings. The van der Waals surface area contributed by atoms with Crippen LogP contribution in [0.1, 0.15) is 26.2 Å². The van der Waals surface area contributed by atoms with Crippen molar-refractivity contribution in [3.63, 3.8) is 0 Å². The maximum absolute atomic E-state index is 5.28. The Kier molecular flexibility index (Phi) is 14.7. The molecule has 0 aromatic rings. The highest BCUT2D eigenvalue weighted by atomic mass is 16.7. The zero-order valence-corrected chi connectivity index (χ0v) is 12.2. The van der Waals surface area contributed by atoms with Crippen molar-refractivity contribution in [2.45, 2.75) is 26.2 Å². The number of hydrogen-bond acceptors (Lipinski definition) is 5. The second kappa shape index (κ2) is 14.9. The molecule has 0 aromatic carbocycles. The molecular formula is C13H29NO4. The zero-order chi connectivity index (χ0) is 13.5. The van der Waals surface area contributed by atoms with Gasteiger partial charge in [-0.2, -0.15) is 0 Å². The van der Waals surface area contributed by atoms with Gasteiger partial charge < -0.3 is 23.8 Å². The zero-order valence-electron chi connectivity index (χ0n) is 12.2. The fourth-order valence-electron chi connectivity index (χ4n) is 1.72. The molecule has 0 atom stereocenters. The van der Waals surface area contributed by atoms with E-state index in [4.69, 9.17) is 18.9 Å². The molecule has 0 saturated heterocycles.